The third kappa shape index (κ3) is 4.06. The van der Waals surface area contributed by atoms with Gasteiger partial charge in [0, 0.05) is 44.3 Å². The Kier molecular flexibility index (Phi) is 6.04. The average Bonchev–Trinajstić information content (AvgIpc) is 3.63. The number of hydrogen-bond donors (Lipinski definition) is 0. The molecular weight excluding hydrogens is 558 g/mol. The fourth-order valence-corrected chi connectivity index (χ4v) is 7.11. The zero-order valence-electron chi connectivity index (χ0n) is 25.5. The molecule has 0 N–H and O–H groups in total. The highest BCUT2D eigenvalue weighted by molar-refractivity contribution is 6.16. The molecule has 2 aromatic heterocycles. The monoisotopic (exact) mass is 589 g/mol. The van der Waals surface area contributed by atoms with Gasteiger partial charge in [-0.05, 0) is 85.8 Å². The number of anilines is 3. The fraction of sp³-hybridized carbons (Fsp3) is 0.0233. The van der Waals surface area contributed by atoms with Gasteiger partial charge in [0.15, 0.2) is 0 Å². The van der Waals surface area contributed by atoms with E-state index in [0.29, 0.717) is 0 Å². The van der Waals surface area contributed by atoms with Gasteiger partial charge in [-0.25, -0.2) is 0 Å². The van der Waals surface area contributed by atoms with Gasteiger partial charge < -0.3 is 14.0 Å². The first-order valence-corrected chi connectivity index (χ1v) is 15.8. The molecule has 0 saturated carbocycles. The first kappa shape index (κ1) is 26.4. The van der Waals surface area contributed by atoms with Crippen LogP contribution in [0.1, 0.15) is 5.56 Å². The van der Waals surface area contributed by atoms with Crippen LogP contribution in [0.5, 0.6) is 0 Å². The third-order valence-electron chi connectivity index (χ3n) is 9.17. The molecule has 0 unspecified atom stereocenters. The van der Waals surface area contributed by atoms with Crippen molar-refractivity contribution in [3.8, 4) is 11.4 Å². The number of aromatic nitrogens is 2. The molecule has 218 valence electrons. The largest absolute Gasteiger partial charge is 0.310 e. The highest BCUT2D eigenvalue weighted by Gasteiger charge is 2.21. The van der Waals surface area contributed by atoms with Gasteiger partial charge in [-0.3, -0.25) is 0 Å². The predicted molar refractivity (Wildman–Crippen MR) is 195 cm³/mol. The maximum Gasteiger partial charge on any atom is 0.0562 e. The average molecular weight is 590 g/mol. The zero-order chi connectivity index (χ0) is 30.6. The molecule has 9 aromatic rings. The van der Waals surface area contributed by atoms with Crippen LogP contribution in [0.25, 0.3) is 55.0 Å². The Bertz CT molecular complexity index is 2460. The van der Waals surface area contributed by atoms with Crippen molar-refractivity contribution in [3.63, 3.8) is 0 Å². The first-order valence-electron chi connectivity index (χ1n) is 15.8. The van der Waals surface area contributed by atoms with E-state index in [2.05, 4.69) is 191 Å². The predicted octanol–water partition coefficient (Wildman–Crippen LogP) is 11.7. The van der Waals surface area contributed by atoms with E-state index < -0.39 is 0 Å². The summed E-state index contributed by atoms with van der Waals surface area (Å²) in [5, 5.41) is 5.00. The van der Waals surface area contributed by atoms with Crippen molar-refractivity contribution in [3.05, 3.63) is 175 Å². The van der Waals surface area contributed by atoms with E-state index in [-0.39, 0.29) is 0 Å². The number of para-hydroxylation sites is 4. The molecule has 0 aliphatic carbocycles. The van der Waals surface area contributed by atoms with Crippen LogP contribution in [0.4, 0.5) is 17.1 Å². The highest BCUT2D eigenvalue weighted by atomic mass is 15.1. The first-order chi connectivity index (χ1) is 22.8. The Hall–Kier alpha value is -6.06. The normalized spacial score (nSPS) is 11.6. The smallest absolute Gasteiger partial charge is 0.0562 e. The summed E-state index contributed by atoms with van der Waals surface area (Å²) in [5.41, 5.74) is 11.7. The van der Waals surface area contributed by atoms with Crippen LogP contribution in [0.2, 0.25) is 0 Å². The van der Waals surface area contributed by atoms with E-state index >= 15 is 0 Å². The molecule has 0 fully saturated rings. The molecule has 9 rings (SSSR count). The summed E-state index contributed by atoms with van der Waals surface area (Å²) in [6.45, 7) is 2.14. The van der Waals surface area contributed by atoms with Crippen molar-refractivity contribution in [2.75, 3.05) is 4.90 Å². The van der Waals surface area contributed by atoms with Gasteiger partial charge in [-0.15, -0.1) is 0 Å². The summed E-state index contributed by atoms with van der Waals surface area (Å²) in [6, 6.07) is 61.3. The van der Waals surface area contributed by atoms with Crippen molar-refractivity contribution in [2.24, 2.45) is 0 Å². The topological polar surface area (TPSA) is 13.1 Å². The Morgan fingerprint density at radius 2 is 0.826 bits per heavy atom. The van der Waals surface area contributed by atoms with Crippen LogP contribution in [0, 0.1) is 6.92 Å². The number of benzene rings is 7. The van der Waals surface area contributed by atoms with Gasteiger partial charge in [-0.1, -0.05) is 96.6 Å². The number of nitrogens with zero attached hydrogens (tertiary/aromatic N) is 3. The highest BCUT2D eigenvalue weighted by Crippen LogP contribution is 2.44. The Labute approximate surface area is 267 Å². The SMILES string of the molecule is Cc1ccc(-n2c3ccccc3c3c(N(c4ccccc4)c4ccc(-n5c6ccccc6c6ccccc65)cc4)cccc32)cc1. The summed E-state index contributed by atoms with van der Waals surface area (Å²) in [6.07, 6.45) is 0. The Morgan fingerprint density at radius 3 is 1.46 bits per heavy atom. The lowest BCUT2D eigenvalue weighted by molar-refractivity contribution is 1.17. The van der Waals surface area contributed by atoms with Gasteiger partial charge in [0.25, 0.3) is 0 Å². The van der Waals surface area contributed by atoms with Crippen molar-refractivity contribution in [1.82, 2.24) is 9.13 Å². The zero-order valence-corrected chi connectivity index (χ0v) is 25.5. The second kappa shape index (κ2) is 10.5. The molecule has 0 atom stereocenters. The molecule has 3 nitrogen and oxygen atoms in total. The minimum absolute atomic E-state index is 1.11. The van der Waals surface area contributed by atoms with Gasteiger partial charge >= 0.3 is 0 Å². The molecule has 0 bridgehead atoms. The molecule has 7 aromatic carbocycles. The van der Waals surface area contributed by atoms with Crippen LogP contribution < -0.4 is 4.90 Å². The van der Waals surface area contributed by atoms with E-state index in [9.17, 15) is 0 Å². The molecule has 2 heterocycles. The van der Waals surface area contributed by atoms with Crippen LogP contribution >= 0.6 is 0 Å². The van der Waals surface area contributed by atoms with Gasteiger partial charge in [-0.2, -0.15) is 0 Å². The third-order valence-corrected chi connectivity index (χ3v) is 9.17. The molecule has 0 saturated heterocycles. The lowest BCUT2D eigenvalue weighted by Crippen LogP contribution is -2.10. The van der Waals surface area contributed by atoms with Crippen molar-refractivity contribution in [2.45, 2.75) is 6.92 Å². The molecule has 46 heavy (non-hydrogen) atoms. The molecular formula is C43H31N3. The van der Waals surface area contributed by atoms with Gasteiger partial charge in [0.1, 0.15) is 0 Å². The lowest BCUT2D eigenvalue weighted by atomic mass is 10.1. The quantitative estimate of drug-likeness (QED) is 0.195. The fourth-order valence-electron chi connectivity index (χ4n) is 7.11. The van der Waals surface area contributed by atoms with Gasteiger partial charge in [0.05, 0.1) is 27.8 Å². The minimum atomic E-state index is 1.11. The summed E-state index contributed by atoms with van der Waals surface area (Å²) in [5.74, 6) is 0. The molecule has 0 aliphatic heterocycles. The van der Waals surface area contributed by atoms with Crippen LogP contribution in [0.3, 0.4) is 0 Å². The summed E-state index contributed by atoms with van der Waals surface area (Å²) >= 11 is 0. The van der Waals surface area contributed by atoms with E-state index in [4.69, 9.17) is 0 Å². The number of rotatable bonds is 5. The van der Waals surface area contributed by atoms with E-state index in [1.807, 2.05) is 0 Å². The van der Waals surface area contributed by atoms with Crippen molar-refractivity contribution < 1.29 is 0 Å². The van der Waals surface area contributed by atoms with Gasteiger partial charge in [0.2, 0.25) is 0 Å². The standard InChI is InChI=1S/C43H31N3/c1-30-22-24-33(25-23-30)46-40-19-10-7-16-37(40)43-41(20-11-21-42(43)46)44(31-12-3-2-4-13-31)32-26-28-34(29-27-32)45-38-17-8-5-14-35(38)36-15-6-9-18-39(36)45/h2-29H,1H3. The van der Waals surface area contributed by atoms with Crippen LogP contribution in [0.15, 0.2) is 170 Å². The van der Waals surface area contributed by atoms with Crippen molar-refractivity contribution >= 4 is 60.7 Å². The Balaban J connectivity index is 1.26. The molecule has 0 radical (unpaired) electrons. The van der Waals surface area contributed by atoms with E-state index in [1.165, 1.54) is 49.2 Å². The summed E-state index contributed by atoms with van der Waals surface area (Å²) < 4.78 is 4.76. The van der Waals surface area contributed by atoms with E-state index in [1.54, 1.807) is 0 Å². The maximum atomic E-state index is 2.39. The van der Waals surface area contributed by atoms with E-state index in [0.717, 1.165) is 28.4 Å². The number of aryl methyl sites for hydroxylation is 1. The second-order valence-corrected chi connectivity index (χ2v) is 11.9. The molecule has 0 spiro atoms. The molecule has 0 aliphatic rings. The lowest BCUT2D eigenvalue weighted by Gasteiger charge is -2.27. The molecule has 0 amide bonds. The number of hydrogen-bond acceptors (Lipinski definition) is 1. The second-order valence-electron chi connectivity index (χ2n) is 11.9. The Morgan fingerprint density at radius 1 is 0.370 bits per heavy atom. The van der Waals surface area contributed by atoms with Crippen LogP contribution in [-0.4, -0.2) is 9.13 Å². The number of fused-ring (bicyclic) bond motifs is 6. The summed E-state index contributed by atoms with van der Waals surface area (Å²) in [7, 11) is 0. The molecule has 3 heteroatoms. The van der Waals surface area contributed by atoms with Crippen LogP contribution in [-0.2, 0) is 0 Å². The van der Waals surface area contributed by atoms with Crippen molar-refractivity contribution in [1.29, 1.82) is 0 Å². The minimum Gasteiger partial charge on any atom is -0.310 e. The maximum absolute atomic E-state index is 2.39. The summed E-state index contributed by atoms with van der Waals surface area (Å²) in [4.78, 5) is 2.39.